The number of carbonyl (C=O) groups excluding carboxylic acids is 2. The number of likely N-dealkylation sites (N-methyl/N-ethyl adjacent to an activating group) is 1. The molecular formula is C27H31ClFN3O3. The third kappa shape index (κ3) is 4.40. The molecular weight excluding hydrogens is 469 g/mol. The summed E-state index contributed by atoms with van der Waals surface area (Å²) in [7, 11) is 1.75. The highest BCUT2D eigenvalue weighted by Crippen LogP contribution is 2.47. The Morgan fingerprint density at radius 2 is 1.83 bits per heavy atom. The van der Waals surface area contributed by atoms with E-state index in [2.05, 4.69) is 4.90 Å². The molecule has 6 nitrogen and oxygen atoms in total. The second kappa shape index (κ2) is 9.43. The molecule has 3 aliphatic rings. The average molecular weight is 500 g/mol. The molecule has 0 saturated carbocycles. The number of likely N-dealkylation sites (tertiary alicyclic amines) is 2. The summed E-state index contributed by atoms with van der Waals surface area (Å²) in [6, 6.07) is 9.44. The normalized spacial score (nSPS) is 20.5. The molecule has 8 heteroatoms. The van der Waals surface area contributed by atoms with Gasteiger partial charge in [-0.3, -0.25) is 9.59 Å². The smallest absolute Gasteiger partial charge is 0.237 e. The van der Waals surface area contributed by atoms with Crippen molar-refractivity contribution >= 4 is 29.1 Å². The zero-order valence-electron chi connectivity index (χ0n) is 20.0. The SMILES string of the molecule is CN1C(=O)C2(CCN(CC(Cc3cc(O)ccc3Cl)C(=O)N3CCCC3)CC2)c2cc(F)ccc21. The number of halogens is 2. The zero-order valence-corrected chi connectivity index (χ0v) is 20.7. The van der Waals surface area contributed by atoms with Crippen LogP contribution in [0.15, 0.2) is 36.4 Å². The van der Waals surface area contributed by atoms with Crippen LogP contribution >= 0.6 is 11.6 Å². The fourth-order valence-electron chi connectivity index (χ4n) is 6.05. The zero-order chi connectivity index (χ0) is 24.7. The molecule has 3 aliphatic heterocycles. The van der Waals surface area contributed by atoms with E-state index < -0.39 is 5.41 Å². The molecule has 0 aromatic heterocycles. The molecule has 5 rings (SSSR count). The number of fused-ring (bicyclic) bond motifs is 2. The Hall–Kier alpha value is -2.64. The van der Waals surface area contributed by atoms with Gasteiger partial charge in [0.1, 0.15) is 11.6 Å². The number of anilines is 1. The summed E-state index contributed by atoms with van der Waals surface area (Å²) in [5, 5.41) is 10.5. The van der Waals surface area contributed by atoms with Crippen LogP contribution in [0.4, 0.5) is 10.1 Å². The third-order valence-electron chi connectivity index (χ3n) is 8.00. The summed E-state index contributed by atoms with van der Waals surface area (Å²) in [6.07, 6.45) is 3.65. The van der Waals surface area contributed by atoms with E-state index >= 15 is 0 Å². The van der Waals surface area contributed by atoms with Gasteiger partial charge < -0.3 is 19.8 Å². The van der Waals surface area contributed by atoms with E-state index in [-0.39, 0.29) is 29.3 Å². The molecule has 35 heavy (non-hydrogen) atoms. The molecule has 0 radical (unpaired) electrons. The number of rotatable bonds is 5. The highest BCUT2D eigenvalue weighted by molar-refractivity contribution is 6.31. The van der Waals surface area contributed by atoms with Crippen LogP contribution in [0.1, 0.15) is 36.8 Å². The number of phenolic OH excluding ortho intramolecular Hbond substituents is 1. The molecule has 1 N–H and O–H groups in total. The lowest BCUT2D eigenvalue weighted by molar-refractivity contribution is -0.135. The summed E-state index contributed by atoms with van der Waals surface area (Å²) in [4.78, 5) is 32.5. The van der Waals surface area contributed by atoms with E-state index in [1.165, 1.54) is 12.1 Å². The summed E-state index contributed by atoms with van der Waals surface area (Å²) >= 11 is 6.40. The standard InChI is InChI=1S/C27H31ClFN3O3/c1-30-24-7-4-20(29)16-22(24)27(26(30)35)8-12-31(13-9-27)17-19(25(34)32-10-2-3-11-32)14-18-15-21(33)5-6-23(18)28/h4-7,15-16,19,33H,2-3,8-14,17H2,1H3. The maximum Gasteiger partial charge on any atom is 0.237 e. The van der Waals surface area contributed by atoms with Gasteiger partial charge in [-0.25, -0.2) is 4.39 Å². The van der Waals surface area contributed by atoms with Gasteiger partial charge in [0, 0.05) is 37.4 Å². The van der Waals surface area contributed by atoms with E-state index in [0.717, 1.165) is 42.7 Å². The number of aromatic hydroxyl groups is 1. The molecule has 1 atom stereocenters. The molecule has 2 aromatic carbocycles. The lowest BCUT2D eigenvalue weighted by atomic mass is 9.73. The molecule has 2 amide bonds. The second-order valence-corrected chi connectivity index (χ2v) is 10.5. The van der Waals surface area contributed by atoms with Crippen molar-refractivity contribution in [2.24, 2.45) is 5.92 Å². The van der Waals surface area contributed by atoms with Gasteiger partial charge in [0.15, 0.2) is 0 Å². The van der Waals surface area contributed by atoms with E-state index in [0.29, 0.717) is 43.9 Å². The Kier molecular flexibility index (Phi) is 6.49. The van der Waals surface area contributed by atoms with E-state index in [1.54, 1.807) is 36.2 Å². The minimum absolute atomic E-state index is 0.0222. The van der Waals surface area contributed by atoms with Gasteiger partial charge in [-0.15, -0.1) is 0 Å². The van der Waals surface area contributed by atoms with Gasteiger partial charge >= 0.3 is 0 Å². The first-order valence-electron chi connectivity index (χ1n) is 12.4. The highest BCUT2D eigenvalue weighted by Gasteiger charge is 2.51. The minimum Gasteiger partial charge on any atom is -0.508 e. The molecule has 0 bridgehead atoms. The number of hydrogen-bond donors (Lipinski definition) is 1. The summed E-state index contributed by atoms with van der Waals surface area (Å²) in [5.74, 6) is -0.354. The van der Waals surface area contributed by atoms with Gasteiger partial charge in [0.05, 0.1) is 11.3 Å². The molecule has 0 aliphatic carbocycles. The fraction of sp³-hybridized carbons (Fsp3) is 0.481. The second-order valence-electron chi connectivity index (χ2n) is 10.1. The lowest BCUT2D eigenvalue weighted by Crippen LogP contribution is -2.50. The number of amides is 2. The van der Waals surface area contributed by atoms with Gasteiger partial charge in [-0.2, -0.15) is 0 Å². The Morgan fingerprint density at radius 1 is 1.11 bits per heavy atom. The van der Waals surface area contributed by atoms with Crippen molar-refractivity contribution < 1.29 is 19.1 Å². The van der Waals surface area contributed by atoms with Crippen molar-refractivity contribution in [2.75, 3.05) is 44.7 Å². The van der Waals surface area contributed by atoms with Crippen molar-refractivity contribution in [1.82, 2.24) is 9.80 Å². The number of piperidine rings is 1. The number of carbonyl (C=O) groups is 2. The van der Waals surface area contributed by atoms with E-state index in [9.17, 15) is 19.1 Å². The average Bonchev–Trinajstić information content (AvgIpc) is 3.45. The Morgan fingerprint density at radius 3 is 2.54 bits per heavy atom. The van der Waals surface area contributed by atoms with E-state index in [1.807, 2.05) is 4.90 Å². The first-order valence-corrected chi connectivity index (χ1v) is 12.7. The van der Waals surface area contributed by atoms with Gasteiger partial charge in [0.2, 0.25) is 11.8 Å². The molecule has 1 spiro atoms. The van der Waals surface area contributed by atoms with Crippen molar-refractivity contribution in [3.8, 4) is 5.75 Å². The van der Waals surface area contributed by atoms with Gasteiger partial charge in [0.25, 0.3) is 0 Å². The first-order chi connectivity index (χ1) is 16.8. The van der Waals surface area contributed by atoms with Crippen molar-refractivity contribution in [1.29, 1.82) is 0 Å². The molecule has 1 unspecified atom stereocenters. The van der Waals surface area contributed by atoms with Gasteiger partial charge in [-0.05, 0) is 92.7 Å². The van der Waals surface area contributed by atoms with Crippen LogP contribution in [0.3, 0.4) is 0 Å². The van der Waals surface area contributed by atoms with E-state index in [4.69, 9.17) is 11.6 Å². The molecule has 2 fully saturated rings. The van der Waals surface area contributed by atoms with Crippen LogP contribution in [0, 0.1) is 11.7 Å². The monoisotopic (exact) mass is 499 g/mol. The lowest BCUT2D eigenvalue weighted by Gasteiger charge is -2.39. The van der Waals surface area contributed by atoms with Crippen LogP contribution in [0.2, 0.25) is 5.02 Å². The Balaban J connectivity index is 1.34. The largest absolute Gasteiger partial charge is 0.508 e. The minimum atomic E-state index is -0.703. The van der Waals surface area contributed by atoms with Crippen LogP contribution in [-0.4, -0.2) is 66.5 Å². The summed E-state index contributed by atoms with van der Waals surface area (Å²) in [5.41, 5.74) is 1.62. The predicted molar refractivity (Wildman–Crippen MR) is 133 cm³/mol. The number of benzene rings is 2. The van der Waals surface area contributed by atoms with Crippen LogP contribution in [-0.2, 0) is 21.4 Å². The molecule has 3 heterocycles. The van der Waals surface area contributed by atoms with Crippen LogP contribution in [0.5, 0.6) is 5.75 Å². The molecule has 2 saturated heterocycles. The van der Waals surface area contributed by atoms with Crippen molar-refractivity contribution in [2.45, 2.75) is 37.5 Å². The Bertz CT molecular complexity index is 1140. The third-order valence-corrected chi connectivity index (χ3v) is 8.37. The maximum atomic E-state index is 14.1. The number of hydrogen-bond acceptors (Lipinski definition) is 4. The molecule has 2 aromatic rings. The quantitative estimate of drug-likeness (QED) is 0.676. The van der Waals surface area contributed by atoms with Crippen molar-refractivity contribution in [3.63, 3.8) is 0 Å². The fourth-order valence-corrected chi connectivity index (χ4v) is 6.25. The van der Waals surface area contributed by atoms with Crippen molar-refractivity contribution in [3.05, 3.63) is 58.4 Å². The predicted octanol–water partition coefficient (Wildman–Crippen LogP) is 3.98. The molecule has 186 valence electrons. The Labute approximate surface area is 210 Å². The first kappa shape index (κ1) is 24.1. The van der Waals surface area contributed by atoms with Crippen LogP contribution in [0.25, 0.3) is 0 Å². The number of phenols is 1. The maximum absolute atomic E-state index is 14.1. The highest BCUT2D eigenvalue weighted by atomic mass is 35.5. The number of nitrogens with zero attached hydrogens (tertiary/aromatic N) is 3. The summed E-state index contributed by atoms with van der Waals surface area (Å²) < 4.78 is 14.1. The topological polar surface area (TPSA) is 64.1 Å². The summed E-state index contributed by atoms with van der Waals surface area (Å²) in [6.45, 7) is 3.39. The van der Waals surface area contributed by atoms with Crippen LogP contribution < -0.4 is 4.90 Å². The van der Waals surface area contributed by atoms with Gasteiger partial charge in [-0.1, -0.05) is 11.6 Å².